The fraction of sp³-hybridized carbons (Fsp3) is 0.417. The third-order valence-corrected chi connectivity index (χ3v) is 4.89. The van der Waals surface area contributed by atoms with Crippen molar-refractivity contribution in [1.82, 2.24) is 9.21 Å². The zero-order valence-corrected chi connectivity index (χ0v) is 13.4. The first-order chi connectivity index (χ1) is 9.29. The molecule has 0 radical (unpaired) electrons. The topological polar surface area (TPSA) is 83.7 Å². The highest BCUT2D eigenvalue weighted by Gasteiger charge is 2.27. The number of amides is 1. The zero-order chi connectivity index (χ0) is 14.9. The van der Waals surface area contributed by atoms with Gasteiger partial charge in [0.05, 0.1) is 0 Å². The van der Waals surface area contributed by atoms with Crippen LogP contribution in [0.5, 0.6) is 0 Å². The molecule has 20 heavy (non-hydrogen) atoms. The number of benzene rings is 1. The first kappa shape index (κ1) is 15.4. The van der Waals surface area contributed by atoms with E-state index in [0.29, 0.717) is 18.7 Å². The number of piperazine rings is 1. The molecule has 2 rings (SSSR count). The molecule has 1 aliphatic rings. The molecule has 110 valence electrons. The smallest absolute Gasteiger partial charge is 0.277 e. The number of rotatable bonds is 2. The minimum Gasteiger partial charge on any atom is -0.336 e. The van der Waals surface area contributed by atoms with Gasteiger partial charge in [-0.3, -0.25) is 4.79 Å². The summed E-state index contributed by atoms with van der Waals surface area (Å²) in [5.74, 6) is -0.0853. The summed E-state index contributed by atoms with van der Waals surface area (Å²) in [7, 11) is -3.67. The number of nitrogens with zero attached hydrogens (tertiary/aromatic N) is 2. The Balaban J connectivity index is 2.11. The number of hydrogen-bond acceptors (Lipinski definition) is 3. The molecule has 0 unspecified atom stereocenters. The number of carbonyl (C=O) groups excluding carboxylic acids is 1. The lowest BCUT2D eigenvalue weighted by molar-refractivity contribution is 0.0697. The monoisotopic (exact) mass is 361 g/mol. The van der Waals surface area contributed by atoms with Crippen molar-refractivity contribution in [2.75, 3.05) is 26.2 Å². The minimum absolute atomic E-state index is 0.0853. The number of carbonyl (C=O) groups is 1. The molecular weight excluding hydrogens is 346 g/mol. The molecule has 0 atom stereocenters. The Hall–Kier alpha value is -0.960. The number of aryl methyl sites for hydroxylation is 1. The van der Waals surface area contributed by atoms with Gasteiger partial charge in [0.2, 0.25) is 0 Å². The summed E-state index contributed by atoms with van der Waals surface area (Å²) in [5, 5.41) is 5.08. The van der Waals surface area contributed by atoms with Crippen LogP contribution in [0.3, 0.4) is 0 Å². The number of nitrogens with two attached hydrogens (primary N) is 1. The van der Waals surface area contributed by atoms with Crippen LogP contribution in [0.25, 0.3) is 0 Å². The van der Waals surface area contributed by atoms with E-state index in [0.717, 1.165) is 10.0 Å². The van der Waals surface area contributed by atoms with E-state index in [-0.39, 0.29) is 19.0 Å². The standard InChI is InChI=1S/C12H16BrN3O3S/c1-9-2-3-10(13)8-11(9)12(17)15-4-6-16(7-5-15)20(14,18)19/h2-3,8H,4-7H2,1H3,(H2,14,18,19). The van der Waals surface area contributed by atoms with E-state index in [1.807, 2.05) is 19.1 Å². The van der Waals surface area contributed by atoms with Crippen molar-refractivity contribution < 1.29 is 13.2 Å². The minimum atomic E-state index is -3.67. The van der Waals surface area contributed by atoms with E-state index in [1.165, 1.54) is 4.31 Å². The maximum atomic E-state index is 12.4. The molecule has 0 saturated carbocycles. The van der Waals surface area contributed by atoms with E-state index in [1.54, 1.807) is 11.0 Å². The van der Waals surface area contributed by atoms with Crippen LogP contribution >= 0.6 is 15.9 Å². The fourth-order valence-electron chi connectivity index (χ4n) is 2.14. The summed E-state index contributed by atoms with van der Waals surface area (Å²) >= 11 is 3.35. The Morgan fingerprint density at radius 3 is 2.40 bits per heavy atom. The van der Waals surface area contributed by atoms with Gasteiger partial charge in [0, 0.05) is 36.2 Å². The molecule has 1 aliphatic heterocycles. The number of halogens is 1. The fourth-order valence-corrected chi connectivity index (χ4v) is 3.17. The SMILES string of the molecule is Cc1ccc(Br)cc1C(=O)N1CCN(S(N)(=O)=O)CC1. The van der Waals surface area contributed by atoms with Crippen molar-refractivity contribution in [3.8, 4) is 0 Å². The molecule has 1 saturated heterocycles. The summed E-state index contributed by atoms with van der Waals surface area (Å²) in [6.07, 6.45) is 0. The molecule has 2 N–H and O–H groups in total. The van der Waals surface area contributed by atoms with E-state index < -0.39 is 10.2 Å². The van der Waals surface area contributed by atoms with Gasteiger partial charge in [0.15, 0.2) is 0 Å². The van der Waals surface area contributed by atoms with Crippen LogP contribution in [-0.4, -0.2) is 49.7 Å². The van der Waals surface area contributed by atoms with Gasteiger partial charge in [-0.05, 0) is 24.6 Å². The van der Waals surface area contributed by atoms with Gasteiger partial charge in [-0.1, -0.05) is 22.0 Å². The van der Waals surface area contributed by atoms with Gasteiger partial charge in [0.25, 0.3) is 16.1 Å². The third-order valence-electron chi connectivity index (χ3n) is 3.32. The van der Waals surface area contributed by atoms with Crippen molar-refractivity contribution in [1.29, 1.82) is 0 Å². The zero-order valence-electron chi connectivity index (χ0n) is 11.0. The highest BCUT2D eigenvalue weighted by molar-refractivity contribution is 9.10. The van der Waals surface area contributed by atoms with Crippen molar-refractivity contribution in [3.05, 3.63) is 33.8 Å². The second kappa shape index (κ2) is 5.80. The van der Waals surface area contributed by atoms with Gasteiger partial charge in [-0.2, -0.15) is 12.7 Å². The maximum Gasteiger partial charge on any atom is 0.277 e. The highest BCUT2D eigenvalue weighted by atomic mass is 79.9. The molecule has 1 aromatic carbocycles. The Morgan fingerprint density at radius 2 is 1.85 bits per heavy atom. The lowest BCUT2D eigenvalue weighted by Gasteiger charge is -2.33. The molecule has 1 fully saturated rings. The summed E-state index contributed by atoms with van der Waals surface area (Å²) in [6, 6.07) is 5.53. The predicted molar refractivity (Wildman–Crippen MR) is 79.5 cm³/mol. The molecule has 1 amide bonds. The summed E-state index contributed by atoms with van der Waals surface area (Å²) in [5.41, 5.74) is 1.52. The predicted octanol–water partition coefficient (Wildman–Crippen LogP) is 0.719. The van der Waals surface area contributed by atoms with Crippen LogP contribution in [0.1, 0.15) is 15.9 Å². The van der Waals surface area contributed by atoms with Crippen molar-refractivity contribution >= 4 is 32.0 Å². The van der Waals surface area contributed by atoms with Gasteiger partial charge in [0.1, 0.15) is 0 Å². The maximum absolute atomic E-state index is 12.4. The molecule has 0 aromatic heterocycles. The molecule has 0 bridgehead atoms. The highest BCUT2D eigenvalue weighted by Crippen LogP contribution is 2.18. The molecule has 1 aromatic rings. The average molecular weight is 362 g/mol. The lowest BCUT2D eigenvalue weighted by atomic mass is 10.1. The van der Waals surface area contributed by atoms with Crippen LogP contribution in [0.4, 0.5) is 0 Å². The molecule has 6 nitrogen and oxygen atoms in total. The van der Waals surface area contributed by atoms with Crippen molar-refractivity contribution in [2.45, 2.75) is 6.92 Å². The molecule has 0 aliphatic carbocycles. The Morgan fingerprint density at radius 1 is 1.25 bits per heavy atom. The second-order valence-electron chi connectivity index (χ2n) is 4.70. The normalized spacial score (nSPS) is 17.2. The van der Waals surface area contributed by atoms with Crippen LogP contribution in [-0.2, 0) is 10.2 Å². The van der Waals surface area contributed by atoms with Gasteiger partial charge in [-0.15, -0.1) is 0 Å². The Kier molecular flexibility index (Phi) is 4.48. The quantitative estimate of drug-likeness (QED) is 0.842. The van der Waals surface area contributed by atoms with Gasteiger partial charge in [-0.25, -0.2) is 5.14 Å². The summed E-state index contributed by atoms with van der Waals surface area (Å²) in [6.45, 7) is 3.04. The Labute approximate surface area is 126 Å². The number of hydrogen-bond donors (Lipinski definition) is 1. The first-order valence-corrected chi connectivity index (χ1v) is 8.42. The summed E-state index contributed by atoms with van der Waals surface area (Å²) < 4.78 is 24.5. The van der Waals surface area contributed by atoms with Crippen LogP contribution < -0.4 is 5.14 Å². The molecule has 8 heteroatoms. The first-order valence-electron chi connectivity index (χ1n) is 6.12. The van der Waals surface area contributed by atoms with Crippen LogP contribution in [0.2, 0.25) is 0 Å². The summed E-state index contributed by atoms with van der Waals surface area (Å²) in [4.78, 5) is 14.1. The van der Waals surface area contributed by atoms with E-state index in [4.69, 9.17) is 5.14 Å². The Bertz CT molecular complexity index is 625. The van der Waals surface area contributed by atoms with E-state index in [9.17, 15) is 13.2 Å². The van der Waals surface area contributed by atoms with Crippen molar-refractivity contribution in [3.63, 3.8) is 0 Å². The van der Waals surface area contributed by atoms with Crippen molar-refractivity contribution in [2.24, 2.45) is 5.14 Å². The second-order valence-corrected chi connectivity index (χ2v) is 7.16. The van der Waals surface area contributed by atoms with Gasteiger partial charge < -0.3 is 4.90 Å². The molecule has 1 heterocycles. The van der Waals surface area contributed by atoms with E-state index >= 15 is 0 Å². The van der Waals surface area contributed by atoms with Crippen LogP contribution in [0, 0.1) is 6.92 Å². The van der Waals surface area contributed by atoms with Gasteiger partial charge >= 0.3 is 0 Å². The third kappa shape index (κ3) is 3.38. The van der Waals surface area contributed by atoms with E-state index in [2.05, 4.69) is 15.9 Å². The molecular formula is C12H16BrN3O3S. The lowest BCUT2D eigenvalue weighted by Crippen LogP contribution is -2.52. The van der Waals surface area contributed by atoms with Crippen LogP contribution in [0.15, 0.2) is 22.7 Å². The molecule has 0 spiro atoms. The largest absolute Gasteiger partial charge is 0.336 e. The average Bonchev–Trinajstić information content (AvgIpc) is 2.40.